The van der Waals surface area contributed by atoms with Gasteiger partial charge in [0.1, 0.15) is 0 Å². The lowest BCUT2D eigenvalue weighted by Crippen LogP contribution is -2.44. The van der Waals surface area contributed by atoms with E-state index in [2.05, 4.69) is 28.8 Å². The zero-order valence-electron chi connectivity index (χ0n) is 13.0. The van der Waals surface area contributed by atoms with Gasteiger partial charge in [0.25, 0.3) is 0 Å². The Kier molecular flexibility index (Phi) is 4.47. The van der Waals surface area contributed by atoms with Crippen molar-refractivity contribution in [3.8, 4) is 0 Å². The first-order valence-electron chi connectivity index (χ1n) is 8.42. The van der Waals surface area contributed by atoms with Gasteiger partial charge in [0, 0.05) is 12.2 Å². The highest BCUT2D eigenvalue weighted by Gasteiger charge is 2.49. The molecule has 1 heterocycles. The van der Waals surface area contributed by atoms with Crippen molar-refractivity contribution in [1.29, 1.82) is 0 Å². The molecule has 1 aliphatic heterocycles. The smallest absolute Gasteiger partial charge is 0.232 e. The lowest BCUT2D eigenvalue weighted by Gasteiger charge is -2.37. The predicted molar refractivity (Wildman–Crippen MR) is 91.6 cm³/mol. The number of nitrogens with one attached hydrogen (secondary N) is 2. The Morgan fingerprint density at radius 2 is 2.05 bits per heavy atom. The molecule has 1 saturated carbocycles. The molecule has 120 valence electrons. The second-order valence-corrected chi connectivity index (χ2v) is 7.02. The quantitative estimate of drug-likeness (QED) is 0.877. The summed E-state index contributed by atoms with van der Waals surface area (Å²) in [6.45, 7) is 1.87. The minimum atomic E-state index is -0.155. The fourth-order valence-corrected chi connectivity index (χ4v) is 4.60. The van der Waals surface area contributed by atoms with Crippen LogP contribution in [0.5, 0.6) is 0 Å². The normalized spacial score (nSPS) is 29.4. The van der Waals surface area contributed by atoms with Crippen LogP contribution in [0.2, 0.25) is 0 Å². The number of anilines is 1. The summed E-state index contributed by atoms with van der Waals surface area (Å²) in [5.74, 6) is 0.774. The molecule has 0 aromatic heterocycles. The Hall–Kier alpha value is -1.06. The van der Waals surface area contributed by atoms with E-state index in [0.29, 0.717) is 5.92 Å². The molecule has 2 aliphatic carbocycles. The molecule has 3 aliphatic rings. The third-order valence-electron chi connectivity index (χ3n) is 5.85. The Labute approximate surface area is 138 Å². The highest BCUT2D eigenvalue weighted by atomic mass is 35.5. The van der Waals surface area contributed by atoms with Gasteiger partial charge in [-0.3, -0.25) is 4.79 Å². The second-order valence-electron chi connectivity index (χ2n) is 7.02. The third-order valence-corrected chi connectivity index (χ3v) is 5.85. The van der Waals surface area contributed by atoms with Gasteiger partial charge in [0.15, 0.2) is 0 Å². The minimum absolute atomic E-state index is 0. The average Bonchev–Trinajstić information content (AvgIpc) is 3.13. The van der Waals surface area contributed by atoms with Crippen molar-refractivity contribution in [2.75, 3.05) is 18.4 Å². The number of fused-ring (bicyclic) bond motifs is 2. The number of aryl methyl sites for hydroxylation is 2. The number of hydrogen-bond acceptors (Lipinski definition) is 2. The molecule has 0 radical (unpaired) electrons. The van der Waals surface area contributed by atoms with Gasteiger partial charge in [0.05, 0.1) is 5.41 Å². The number of rotatable bonds is 2. The monoisotopic (exact) mass is 320 g/mol. The summed E-state index contributed by atoms with van der Waals surface area (Å²) in [7, 11) is 0. The number of halogens is 1. The molecule has 3 nitrogen and oxygen atoms in total. The molecule has 0 unspecified atom stereocenters. The van der Waals surface area contributed by atoms with Crippen LogP contribution < -0.4 is 10.6 Å². The molecular formula is C18H25ClN2O. The molecule has 1 saturated heterocycles. The second kappa shape index (κ2) is 6.21. The number of hydrogen-bond donors (Lipinski definition) is 2. The summed E-state index contributed by atoms with van der Waals surface area (Å²) >= 11 is 0. The van der Waals surface area contributed by atoms with Gasteiger partial charge in [-0.1, -0.05) is 18.9 Å². The first-order chi connectivity index (χ1) is 10.3. The van der Waals surface area contributed by atoms with E-state index in [-0.39, 0.29) is 23.7 Å². The third kappa shape index (κ3) is 2.55. The van der Waals surface area contributed by atoms with Crippen molar-refractivity contribution in [3.63, 3.8) is 0 Å². The highest BCUT2D eigenvalue weighted by molar-refractivity contribution is 5.96. The standard InChI is InChI=1S/C18H24N2O.ClH/c21-17(18-9-2-1-6-15(18)11-19-12-18)20-16-8-7-13-4-3-5-14(13)10-16;/h7-8,10,15,19H,1-6,9,11-12H2,(H,20,21);1H/t15-,18+;/m0./s1. The van der Waals surface area contributed by atoms with E-state index in [9.17, 15) is 4.79 Å². The average molecular weight is 321 g/mol. The van der Waals surface area contributed by atoms with E-state index in [1.807, 2.05) is 0 Å². The molecule has 2 N–H and O–H groups in total. The molecule has 4 rings (SSSR count). The van der Waals surface area contributed by atoms with E-state index in [4.69, 9.17) is 0 Å². The fraction of sp³-hybridized carbons (Fsp3) is 0.611. The zero-order valence-corrected chi connectivity index (χ0v) is 13.8. The first-order valence-corrected chi connectivity index (χ1v) is 8.42. The maximum atomic E-state index is 12.9. The lowest BCUT2D eigenvalue weighted by atomic mass is 9.67. The largest absolute Gasteiger partial charge is 0.326 e. The Morgan fingerprint density at radius 3 is 2.95 bits per heavy atom. The van der Waals surface area contributed by atoms with E-state index in [1.54, 1.807) is 0 Å². The molecule has 1 aromatic rings. The molecular weight excluding hydrogens is 296 g/mol. The Bertz CT molecular complexity index is 574. The molecule has 0 spiro atoms. The number of carbonyl (C=O) groups excluding carboxylic acids is 1. The summed E-state index contributed by atoms with van der Waals surface area (Å²) in [5.41, 5.74) is 3.72. The molecule has 0 bridgehead atoms. The fourth-order valence-electron chi connectivity index (χ4n) is 4.60. The van der Waals surface area contributed by atoms with Gasteiger partial charge < -0.3 is 10.6 Å². The van der Waals surface area contributed by atoms with Crippen LogP contribution in [-0.4, -0.2) is 19.0 Å². The van der Waals surface area contributed by atoms with Crippen LogP contribution in [0.3, 0.4) is 0 Å². The maximum absolute atomic E-state index is 12.9. The van der Waals surface area contributed by atoms with Crippen molar-refractivity contribution in [3.05, 3.63) is 29.3 Å². The first kappa shape index (κ1) is 15.8. The van der Waals surface area contributed by atoms with Crippen molar-refractivity contribution in [2.24, 2.45) is 11.3 Å². The van der Waals surface area contributed by atoms with Crippen molar-refractivity contribution in [1.82, 2.24) is 5.32 Å². The summed E-state index contributed by atoms with van der Waals surface area (Å²) in [6, 6.07) is 6.47. The summed E-state index contributed by atoms with van der Waals surface area (Å²) in [4.78, 5) is 12.9. The van der Waals surface area contributed by atoms with Crippen LogP contribution in [0.1, 0.15) is 43.2 Å². The van der Waals surface area contributed by atoms with E-state index >= 15 is 0 Å². The van der Waals surface area contributed by atoms with Gasteiger partial charge >= 0.3 is 0 Å². The van der Waals surface area contributed by atoms with Crippen LogP contribution in [0.4, 0.5) is 5.69 Å². The molecule has 22 heavy (non-hydrogen) atoms. The summed E-state index contributed by atoms with van der Waals surface area (Å²) in [6.07, 6.45) is 8.32. The SMILES string of the molecule is Cl.O=C(Nc1ccc2c(c1)CCC2)[C@@]12CCCC[C@H]1CNC2. The maximum Gasteiger partial charge on any atom is 0.232 e. The number of benzene rings is 1. The van der Waals surface area contributed by atoms with Crippen molar-refractivity contribution in [2.45, 2.75) is 44.9 Å². The number of carbonyl (C=O) groups is 1. The van der Waals surface area contributed by atoms with Crippen molar-refractivity contribution >= 4 is 24.0 Å². The van der Waals surface area contributed by atoms with Gasteiger partial charge in [-0.05, 0) is 67.8 Å². The number of amides is 1. The van der Waals surface area contributed by atoms with Crippen molar-refractivity contribution < 1.29 is 4.79 Å². The highest BCUT2D eigenvalue weighted by Crippen LogP contribution is 2.44. The van der Waals surface area contributed by atoms with Crippen LogP contribution in [0, 0.1) is 11.3 Å². The molecule has 1 aromatic carbocycles. The zero-order chi connectivity index (χ0) is 14.3. The van der Waals surface area contributed by atoms with Crippen LogP contribution in [-0.2, 0) is 17.6 Å². The summed E-state index contributed by atoms with van der Waals surface area (Å²) < 4.78 is 0. The van der Waals surface area contributed by atoms with Crippen LogP contribution in [0.15, 0.2) is 18.2 Å². The lowest BCUT2D eigenvalue weighted by molar-refractivity contribution is -0.128. The van der Waals surface area contributed by atoms with Gasteiger partial charge in [-0.2, -0.15) is 0 Å². The molecule has 2 fully saturated rings. The van der Waals surface area contributed by atoms with E-state index in [1.165, 1.54) is 43.2 Å². The van der Waals surface area contributed by atoms with E-state index in [0.717, 1.165) is 31.6 Å². The Morgan fingerprint density at radius 1 is 1.18 bits per heavy atom. The van der Waals surface area contributed by atoms with Crippen LogP contribution in [0.25, 0.3) is 0 Å². The minimum Gasteiger partial charge on any atom is -0.326 e. The molecule has 4 heteroatoms. The predicted octanol–water partition coefficient (Wildman–Crippen LogP) is 3.32. The Balaban J connectivity index is 0.00000144. The summed E-state index contributed by atoms with van der Waals surface area (Å²) in [5, 5.41) is 6.68. The van der Waals surface area contributed by atoms with E-state index < -0.39 is 0 Å². The van der Waals surface area contributed by atoms with Crippen LogP contribution >= 0.6 is 12.4 Å². The topological polar surface area (TPSA) is 41.1 Å². The van der Waals surface area contributed by atoms with Gasteiger partial charge in [-0.25, -0.2) is 0 Å². The van der Waals surface area contributed by atoms with Gasteiger partial charge in [-0.15, -0.1) is 12.4 Å². The molecule has 2 atom stereocenters. The molecule has 1 amide bonds. The van der Waals surface area contributed by atoms with Gasteiger partial charge in [0.2, 0.25) is 5.91 Å².